The number of phenolic OH excluding ortho intramolecular Hbond substituents is 1. The van der Waals surface area contributed by atoms with Gasteiger partial charge >= 0.3 is 0 Å². The van der Waals surface area contributed by atoms with Crippen LogP contribution in [0.5, 0.6) is 5.75 Å². The fourth-order valence-corrected chi connectivity index (χ4v) is 1.55. The number of hydrogen-bond acceptors (Lipinski definition) is 2. The van der Waals surface area contributed by atoms with Crippen LogP contribution >= 0.6 is 11.6 Å². The predicted molar refractivity (Wildman–Crippen MR) is 55.3 cm³/mol. The number of aromatic hydroxyl groups is 1. The average Bonchev–Trinajstić information content (AvgIpc) is 2.11. The number of halogens is 1. The summed E-state index contributed by atoms with van der Waals surface area (Å²) in [5.41, 5.74) is 8.26. The first kappa shape index (κ1) is 10.4. The van der Waals surface area contributed by atoms with Gasteiger partial charge in [0.1, 0.15) is 5.75 Å². The normalized spacial score (nSPS) is 10.5. The summed E-state index contributed by atoms with van der Waals surface area (Å²) in [6, 6.07) is 1.93. The highest BCUT2D eigenvalue weighted by molar-refractivity contribution is 6.33. The van der Waals surface area contributed by atoms with Crippen molar-refractivity contribution >= 4 is 11.6 Å². The number of nitrogens with two attached hydrogens (primary N) is 1. The summed E-state index contributed by atoms with van der Waals surface area (Å²) < 4.78 is 0. The maximum absolute atomic E-state index is 9.65. The molecule has 0 heterocycles. The molecular formula is C10H14ClNO. The van der Waals surface area contributed by atoms with Gasteiger partial charge in [-0.05, 0) is 43.5 Å². The minimum absolute atomic E-state index is 0.176. The summed E-state index contributed by atoms with van der Waals surface area (Å²) in [5, 5.41) is 10.1. The lowest BCUT2D eigenvalue weighted by atomic mass is 10.0. The fourth-order valence-electron chi connectivity index (χ4n) is 1.28. The van der Waals surface area contributed by atoms with Crippen LogP contribution in [0.15, 0.2) is 6.07 Å². The van der Waals surface area contributed by atoms with Crippen molar-refractivity contribution in [1.82, 2.24) is 0 Å². The summed E-state index contributed by atoms with van der Waals surface area (Å²) in [6.45, 7) is 4.39. The minimum atomic E-state index is 0.176. The van der Waals surface area contributed by atoms with E-state index in [0.29, 0.717) is 18.0 Å². The van der Waals surface area contributed by atoms with E-state index < -0.39 is 0 Å². The van der Waals surface area contributed by atoms with Gasteiger partial charge in [0.15, 0.2) is 0 Å². The topological polar surface area (TPSA) is 46.2 Å². The molecule has 1 aromatic rings. The van der Waals surface area contributed by atoms with Crippen LogP contribution < -0.4 is 5.73 Å². The van der Waals surface area contributed by atoms with Crippen LogP contribution in [0.1, 0.15) is 16.7 Å². The smallest absolute Gasteiger partial charge is 0.137 e. The lowest BCUT2D eigenvalue weighted by Gasteiger charge is -2.10. The highest BCUT2D eigenvalue weighted by atomic mass is 35.5. The molecule has 1 rings (SSSR count). The Hall–Kier alpha value is -0.730. The Balaban J connectivity index is 3.24. The second-order valence-electron chi connectivity index (χ2n) is 3.18. The van der Waals surface area contributed by atoms with Gasteiger partial charge in [0.25, 0.3) is 0 Å². The molecule has 72 valence electrons. The van der Waals surface area contributed by atoms with Crippen molar-refractivity contribution in [1.29, 1.82) is 0 Å². The molecule has 0 aromatic heterocycles. The molecule has 0 aliphatic rings. The molecule has 0 fully saturated rings. The Morgan fingerprint density at radius 3 is 2.62 bits per heavy atom. The zero-order valence-electron chi connectivity index (χ0n) is 7.89. The second kappa shape index (κ2) is 3.99. The van der Waals surface area contributed by atoms with Gasteiger partial charge in [-0.3, -0.25) is 0 Å². The molecule has 0 unspecified atom stereocenters. The largest absolute Gasteiger partial charge is 0.506 e. The molecule has 2 nitrogen and oxygen atoms in total. The zero-order chi connectivity index (χ0) is 10.0. The van der Waals surface area contributed by atoms with E-state index in [1.807, 2.05) is 19.9 Å². The van der Waals surface area contributed by atoms with Gasteiger partial charge < -0.3 is 10.8 Å². The maximum atomic E-state index is 9.65. The second-order valence-corrected chi connectivity index (χ2v) is 3.56. The Morgan fingerprint density at radius 1 is 1.46 bits per heavy atom. The Morgan fingerprint density at radius 2 is 2.08 bits per heavy atom. The van der Waals surface area contributed by atoms with E-state index in [0.717, 1.165) is 16.7 Å². The van der Waals surface area contributed by atoms with Gasteiger partial charge in [-0.25, -0.2) is 0 Å². The van der Waals surface area contributed by atoms with Crippen LogP contribution in [0.25, 0.3) is 0 Å². The molecule has 0 spiro atoms. The molecule has 0 aliphatic heterocycles. The SMILES string of the molecule is Cc1cc(CCN)c(O)c(Cl)c1C. The van der Waals surface area contributed by atoms with Crippen LogP contribution in [0, 0.1) is 13.8 Å². The van der Waals surface area contributed by atoms with Crippen LogP contribution in [-0.4, -0.2) is 11.7 Å². The Kier molecular flexibility index (Phi) is 3.17. The monoisotopic (exact) mass is 199 g/mol. The molecule has 13 heavy (non-hydrogen) atoms. The maximum Gasteiger partial charge on any atom is 0.137 e. The molecule has 0 radical (unpaired) electrons. The number of rotatable bonds is 2. The summed E-state index contributed by atoms with van der Waals surface area (Å²) in [7, 11) is 0. The lowest BCUT2D eigenvalue weighted by Crippen LogP contribution is -2.03. The molecule has 0 amide bonds. The Labute approximate surface area is 83.3 Å². The van der Waals surface area contributed by atoms with Crippen molar-refractivity contribution < 1.29 is 5.11 Å². The summed E-state index contributed by atoms with van der Waals surface area (Å²) >= 11 is 5.93. The van der Waals surface area contributed by atoms with Gasteiger partial charge in [-0.2, -0.15) is 0 Å². The molecule has 0 aliphatic carbocycles. The van der Waals surface area contributed by atoms with Crippen molar-refractivity contribution in [2.75, 3.05) is 6.54 Å². The van der Waals surface area contributed by atoms with E-state index >= 15 is 0 Å². The van der Waals surface area contributed by atoms with Gasteiger partial charge in [0, 0.05) is 0 Å². The van der Waals surface area contributed by atoms with E-state index in [4.69, 9.17) is 17.3 Å². The molecule has 3 N–H and O–H groups in total. The molecule has 0 saturated heterocycles. The van der Waals surface area contributed by atoms with E-state index in [1.54, 1.807) is 0 Å². The number of aryl methyl sites for hydroxylation is 1. The fraction of sp³-hybridized carbons (Fsp3) is 0.400. The first-order valence-corrected chi connectivity index (χ1v) is 4.63. The van der Waals surface area contributed by atoms with E-state index in [2.05, 4.69) is 0 Å². The van der Waals surface area contributed by atoms with Crippen molar-refractivity contribution in [2.45, 2.75) is 20.3 Å². The van der Waals surface area contributed by atoms with Crippen molar-refractivity contribution in [3.05, 3.63) is 27.8 Å². The molecular weight excluding hydrogens is 186 g/mol. The summed E-state index contributed by atoms with van der Waals surface area (Å²) in [5.74, 6) is 0.176. The summed E-state index contributed by atoms with van der Waals surface area (Å²) in [4.78, 5) is 0. The van der Waals surface area contributed by atoms with Gasteiger partial charge in [-0.15, -0.1) is 0 Å². The van der Waals surface area contributed by atoms with Crippen LogP contribution in [0.4, 0.5) is 0 Å². The molecule has 0 saturated carbocycles. The number of benzene rings is 1. The lowest BCUT2D eigenvalue weighted by molar-refractivity contribution is 0.468. The summed E-state index contributed by atoms with van der Waals surface area (Å²) in [6.07, 6.45) is 0.659. The van der Waals surface area contributed by atoms with Crippen LogP contribution in [0.3, 0.4) is 0 Å². The van der Waals surface area contributed by atoms with Crippen molar-refractivity contribution in [2.24, 2.45) is 5.73 Å². The quantitative estimate of drug-likeness (QED) is 0.767. The van der Waals surface area contributed by atoms with Crippen LogP contribution in [-0.2, 0) is 6.42 Å². The van der Waals surface area contributed by atoms with Gasteiger partial charge in [-0.1, -0.05) is 17.7 Å². The van der Waals surface area contributed by atoms with Gasteiger partial charge in [0.05, 0.1) is 5.02 Å². The molecule has 0 bridgehead atoms. The molecule has 3 heteroatoms. The third-order valence-corrected chi connectivity index (χ3v) is 2.70. The third-order valence-electron chi connectivity index (χ3n) is 2.24. The first-order chi connectivity index (χ1) is 6.07. The number of hydrogen-bond donors (Lipinski definition) is 2. The average molecular weight is 200 g/mol. The van der Waals surface area contributed by atoms with Crippen LogP contribution in [0.2, 0.25) is 5.02 Å². The Bertz CT molecular complexity index is 323. The zero-order valence-corrected chi connectivity index (χ0v) is 8.65. The molecule has 0 atom stereocenters. The third kappa shape index (κ3) is 1.95. The van der Waals surface area contributed by atoms with E-state index in [-0.39, 0.29) is 5.75 Å². The molecule has 1 aromatic carbocycles. The number of phenols is 1. The van der Waals surface area contributed by atoms with E-state index in [1.165, 1.54) is 0 Å². The van der Waals surface area contributed by atoms with E-state index in [9.17, 15) is 5.11 Å². The van der Waals surface area contributed by atoms with Crippen molar-refractivity contribution in [3.8, 4) is 5.75 Å². The highest BCUT2D eigenvalue weighted by Gasteiger charge is 2.10. The van der Waals surface area contributed by atoms with Crippen molar-refractivity contribution in [3.63, 3.8) is 0 Å². The predicted octanol–water partition coefficient (Wildman–Crippen LogP) is 2.16. The van der Waals surface area contributed by atoms with Gasteiger partial charge in [0.2, 0.25) is 0 Å². The standard InChI is InChI=1S/C10H14ClNO/c1-6-5-8(3-4-12)10(13)9(11)7(6)2/h5,13H,3-4,12H2,1-2H3. The highest BCUT2D eigenvalue weighted by Crippen LogP contribution is 2.32. The first-order valence-electron chi connectivity index (χ1n) is 4.25. The minimum Gasteiger partial charge on any atom is -0.506 e.